The smallest absolute Gasteiger partial charge is 0.316 e. The number of hydrogen-bond donors (Lipinski definition) is 1. The first-order valence-electron chi connectivity index (χ1n) is 4.26. The monoisotopic (exact) mass is 228 g/mol. The predicted molar refractivity (Wildman–Crippen MR) is 58.3 cm³/mol. The number of ether oxygens (including phenoxy) is 1. The Morgan fingerprint density at radius 3 is 2.53 bits per heavy atom. The number of methoxy groups -OCH3 is 1. The van der Waals surface area contributed by atoms with E-state index in [-0.39, 0.29) is 0 Å². The van der Waals surface area contributed by atoms with Crippen LogP contribution in [0.5, 0.6) is 5.75 Å². The Morgan fingerprint density at radius 1 is 1.40 bits per heavy atom. The molecule has 1 aromatic carbocycles. The van der Waals surface area contributed by atoms with Crippen molar-refractivity contribution in [3.63, 3.8) is 0 Å². The molecule has 0 saturated heterocycles. The molecular formula is C9H12N2O3S. The molecule has 0 aliphatic carbocycles. The Kier molecular flexibility index (Phi) is 3.68. The van der Waals surface area contributed by atoms with E-state index in [1.807, 2.05) is 6.92 Å². The zero-order valence-corrected chi connectivity index (χ0v) is 9.55. The summed E-state index contributed by atoms with van der Waals surface area (Å²) in [6.07, 6.45) is 0. The molecule has 0 saturated carbocycles. The van der Waals surface area contributed by atoms with Crippen LogP contribution >= 0.6 is 0 Å². The average Bonchev–Trinajstić information content (AvgIpc) is 2.17. The molecule has 0 unspecified atom stereocenters. The molecule has 82 valence electrons. The summed E-state index contributed by atoms with van der Waals surface area (Å²) < 4.78 is 29.4. The van der Waals surface area contributed by atoms with Crippen LogP contribution in [0.2, 0.25) is 0 Å². The Hall–Kier alpha value is -1.56. The summed E-state index contributed by atoms with van der Waals surface area (Å²) in [5.74, 6) is 0.425. The summed E-state index contributed by atoms with van der Waals surface area (Å²) in [4.78, 5) is 0. The fourth-order valence-electron chi connectivity index (χ4n) is 1.26. The fraction of sp³-hybridized carbons (Fsp3) is 0.333. The van der Waals surface area contributed by atoms with Gasteiger partial charge < -0.3 is 10.1 Å². The van der Waals surface area contributed by atoms with Crippen LogP contribution in [0.25, 0.3) is 0 Å². The molecular weight excluding hydrogens is 216 g/mol. The van der Waals surface area contributed by atoms with Gasteiger partial charge in [0.05, 0.1) is 7.11 Å². The van der Waals surface area contributed by atoms with Crippen molar-refractivity contribution in [3.05, 3.63) is 17.7 Å². The highest BCUT2D eigenvalue weighted by molar-refractivity contribution is 7.61. The normalized spacial score (nSPS) is 9.53. The summed E-state index contributed by atoms with van der Waals surface area (Å²) in [6, 6.07) is 3.36. The highest BCUT2D eigenvalue weighted by Crippen LogP contribution is 2.32. The number of nitrogens with zero attached hydrogens (tertiary/aromatic N) is 1. The van der Waals surface area contributed by atoms with Gasteiger partial charge in [0.15, 0.2) is 0 Å². The van der Waals surface area contributed by atoms with Gasteiger partial charge >= 0.3 is 10.5 Å². The van der Waals surface area contributed by atoms with Crippen molar-refractivity contribution in [2.45, 2.75) is 6.92 Å². The summed E-state index contributed by atoms with van der Waals surface area (Å²) in [5.41, 5.74) is 2.09. The largest absolute Gasteiger partial charge is 0.494 e. The molecule has 6 heteroatoms. The Morgan fingerprint density at radius 2 is 2.07 bits per heavy atom. The second-order valence-corrected chi connectivity index (χ2v) is 3.51. The Bertz CT molecular complexity index is 486. The lowest BCUT2D eigenvalue weighted by atomic mass is 10.1. The molecule has 0 atom stereocenters. The van der Waals surface area contributed by atoms with Crippen molar-refractivity contribution in [3.8, 4) is 5.75 Å². The highest BCUT2D eigenvalue weighted by atomic mass is 32.2. The van der Waals surface area contributed by atoms with Crippen LogP contribution in [-0.4, -0.2) is 22.6 Å². The van der Waals surface area contributed by atoms with Crippen molar-refractivity contribution in [2.75, 3.05) is 19.5 Å². The Labute approximate surface area is 89.8 Å². The van der Waals surface area contributed by atoms with Crippen molar-refractivity contribution in [1.29, 1.82) is 0 Å². The van der Waals surface area contributed by atoms with Gasteiger partial charge in [-0.2, -0.15) is 8.42 Å². The van der Waals surface area contributed by atoms with Crippen molar-refractivity contribution < 1.29 is 13.2 Å². The second kappa shape index (κ2) is 4.79. The molecule has 15 heavy (non-hydrogen) atoms. The van der Waals surface area contributed by atoms with Crippen LogP contribution in [0.15, 0.2) is 16.5 Å². The maximum atomic E-state index is 10.5. The molecule has 5 nitrogen and oxygen atoms in total. The van der Waals surface area contributed by atoms with Gasteiger partial charge in [-0.1, -0.05) is 0 Å². The fourth-order valence-corrected chi connectivity index (χ4v) is 1.56. The van der Waals surface area contributed by atoms with Gasteiger partial charge in [-0.05, 0) is 18.6 Å². The minimum Gasteiger partial charge on any atom is -0.494 e. The lowest BCUT2D eigenvalue weighted by Gasteiger charge is -2.09. The van der Waals surface area contributed by atoms with Gasteiger partial charge in [-0.25, -0.2) is 0 Å². The third-order valence-corrected chi connectivity index (χ3v) is 2.31. The summed E-state index contributed by atoms with van der Waals surface area (Å²) >= 11 is 0. The standard InChI is InChI=1S/C9H12N2O3S/c1-6-4-8(11-15(12)13)9(14-3)5-7(6)10-2/h4-5,10H,1-3H3. The van der Waals surface area contributed by atoms with E-state index in [1.165, 1.54) is 7.11 Å². The zero-order chi connectivity index (χ0) is 11.4. The van der Waals surface area contributed by atoms with Gasteiger partial charge in [0.2, 0.25) is 0 Å². The molecule has 1 rings (SSSR count). The molecule has 0 fully saturated rings. The lowest BCUT2D eigenvalue weighted by Crippen LogP contribution is -1.93. The van der Waals surface area contributed by atoms with E-state index in [1.54, 1.807) is 19.2 Å². The molecule has 0 amide bonds. The summed E-state index contributed by atoms with van der Waals surface area (Å²) in [6.45, 7) is 1.86. The zero-order valence-electron chi connectivity index (χ0n) is 8.73. The maximum absolute atomic E-state index is 10.5. The minimum atomic E-state index is -2.47. The van der Waals surface area contributed by atoms with Gasteiger partial charge in [0, 0.05) is 18.8 Å². The molecule has 0 aliphatic rings. The van der Waals surface area contributed by atoms with E-state index in [2.05, 4.69) is 9.68 Å². The number of rotatable bonds is 3. The molecule has 0 aromatic heterocycles. The molecule has 1 N–H and O–H groups in total. The highest BCUT2D eigenvalue weighted by Gasteiger charge is 2.06. The van der Waals surface area contributed by atoms with Crippen LogP contribution in [0.3, 0.4) is 0 Å². The number of benzene rings is 1. The van der Waals surface area contributed by atoms with Gasteiger partial charge in [0.1, 0.15) is 11.4 Å². The number of hydrogen-bond acceptors (Lipinski definition) is 5. The van der Waals surface area contributed by atoms with Crippen LogP contribution in [-0.2, 0) is 10.5 Å². The predicted octanol–water partition coefficient (Wildman–Crippen LogP) is 1.74. The van der Waals surface area contributed by atoms with E-state index < -0.39 is 10.5 Å². The summed E-state index contributed by atoms with van der Waals surface area (Å²) in [5, 5.41) is 2.97. The van der Waals surface area contributed by atoms with Crippen molar-refractivity contribution in [2.24, 2.45) is 4.36 Å². The van der Waals surface area contributed by atoms with E-state index in [0.717, 1.165) is 11.3 Å². The minimum absolute atomic E-state index is 0.308. The summed E-state index contributed by atoms with van der Waals surface area (Å²) in [7, 11) is 0.781. The molecule has 0 bridgehead atoms. The lowest BCUT2D eigenvalue weighted by molar-refractivity contribution is 0.416. The van der Waals surface area contributed by atoms with Crippen LogP contribution in [0.1, 0.15) is 5.56 Å². The van der Waals surface area contributed by atoms with E-state index in [9.17, 15) is 8.42 Å². The molecule has 0 radical (unpaired) electrons. The third kappa shape index (κ3) is 2.69. The molecule has 1 aromatic rings. The first kappa shape index (κ1) is 11.5. The van der Waals surface area contributed by atoms with Crippen molar-refractivity contribution >= 4 is 21.9 Å². The van der Waals surface area contributed by atoms with Gasteiger partial charge in [0.25, 0.3) is 0 Å². The van der Waals surface area contributed by atoms with Gasteiger partial charge in [-0.15, -0.1) is 4.36 Å². The Balaban J connectivity index is 3.40. The SMILES string of the molecule is CNc1cc(OC)c(N=S(=O)=O)cc1C. The second-order valence-electron chi connectivity index (χ2n) is 2.90. The average molecular weight is 228 g/mol. The van der Waals surface area contributed by atoms with Crippen molar-refractivity contribution in [1.82, 2.24) is 0 Å². The third-order valence-electron chi connectivity index (χ3n) is 1.97. The van der Waals surface area contributed by atoms with E-state index in [4.69, 9.17) is 4.74 Å². The first-order valence-corrected chi connectivity index (χ1v) is 5.29. The van der Waals surface area contributed by atoms with Crippen LogP contribution in [0, 0.1) is 6.92 Å². The number of aryl methyl sites for hydroxylation is 1. The maximum Gasteiger partial charge on any atom is 0.316 e. The quantitative estimate of drug-likeness (QED) is 0.855. The first-order chi connectivity index (χ1) is 7.08. The molecule has 0 heterocycles. The van der Waals surface area contributed by atoms with Gasteiger partial charge in [-0.3, -0.25) is 0 Å². The number of nitrogens with one attached hydrogen (secondary N) is 1. The topological polar surface area (TPSA) is 67.8 Å². The number of anilines is 1. The van der Waals surface area contributed by atoms with E-state index in [0.29, 0.717) is 11.4 Å². The molecule has 0 spiro atoms. The molecule has 0 aliphatic heterocycles. The van der Waals surface area contributed by atoms with Crippen LogP contribution < -0.4 is 10.1 Å². The van der Waals surface area contributed by atoms with Crippen LogP contribution in [0.4, 0.5) is 11.4 Å². The van der Waals surface area contributed by atoms with E-state index >= 15 is 0 Å².